The van der Waals surface area contributed by atoms with Crippen molar-refractivity contribution in [1.82, 2.24) is 5.32 Å². The first-order valence-corrected chi connectivity index (χ1v) is 7.25. The molecule has 1 aromatic rings. The van der Waals surface area contributed by atoms with Gasteiger partial charge in [0.05, 0.1) is 13.5 Å². The van der Waals surface area contributed by atoms with E-state index in [9.17, 15) is 4.79 Å². The van der Waals surface area contributed by atoms with Crippen LogP contribution in [0.1, 0.15) is 18.4 Å². The molecule has 1 amide bonds. The number of alkyl halides is 1. The number of para-hydroxylation sites is 1. The van der Waals surface area contributed by atoms with Crippen LogP contribution in [-0.4, -0.2) is 24.0 Å². The Balaban J connectivity index is 2.39. The summed E-state index contributed by atoms with van der Waals surface area (Å²) in [7, 11) is 1.62. The summed E-state index contributed by atoms with van der Waals surface area (Å²) in [5.41, 5.74) is 0.932. The average molecular weight is 347 g/mol. The lowest BCUT2D eigenvalue weighted by Gasteiger charge is -2.08. The van der Waals surface area contributed by atoms with Gasteiger partial charge in [0.15, 0.2) is 0 Å². The molecule has 0 bridgehead atoms. The zero-order valence-electron chi connectivity index (χ0n) is 10.0. The summed E-state index contributed by atoms with van der Waals surface area (Å²) in [6.45, 7) is 0.761. The molecule has 0 fully saturated rings. The molecule has 0 heterocycles. The highest BCUT2D eigenvalue weighted by atomic mass is 127. The molecule has 0 aromatic heterocycles. The third-order valence-electron chi connectivity index (χ3n) is 2.43. The lowest BCUT2D eigenvalue weighted by molar-refractivity contribution is -0.120. The fraction of sp³-hybridized carbons (Fsp3) is 0.462. The first kappa shape index (κ1) is 14.3. The molecule has 0 unspecified atom stereocenters. The van der Waals surface area contributed by atoms with Gasteiger partial charge in [0.25, 0.3) is 0 Å². The average Bonchev–Trinajstić information content (AvgIpc) is 2.35. The number of hydrogen-bond acceptors (Lipinski definition) is 2. The van der Waals surface area contributed by atoms with Crippen molar-refractivity contribution in [2.45, 2.75) is 19.3 Å². The summed E-state index contributed by atoms with van der Waals surface area (Å²) in [4.78, 5) is 11.7. The molecular formula is C13H18INO2. The van der Waals surface area contributed by atoms with Crippen molar-refractivity contribution in [3.05, 3.63) is 29.8 Å². The standard InChI is InChI=1S/C13H18INO2/c1-17-12-7-3-2-6-11(12)10-13(16)15-9-5-4-8-14/h2-3,6-7H,4-5,8-10H2,1H3,(H,15,16). The summed E-state index contributed by atoms with van der Waals surface area (Å²) in [5.74, 6) is 0.831. The van der Waals surface area contributed by atoms with Gasteiger partial charge < -0.3 is 10.1 Å². The van der Waals surface area contributed by atoms with Crippen molar-refractivity contribution in [1.29, 1.82) is 0 Å². The van der Waals surface area contributed by atoms with Crippen LogP contribution < -0.4 is 10.1 Å². The van der Waals surface area contributed by atoms with E-state index in [0.29, 0.717) is 6.42 Å². The molecule has 0 aliphatic heterocycles. The first-order valence-electron chi connectivity index (χ1n) is 5.72. The number of halogens is 1. The van der Waals surface area contributed by atoms with Crippen LogP contribution in [0.25, 0.3) is 0 Å². The number of amides is 1. The largest absolute Gasteiger partial charge is 0.496 e. The number of hydrogen-bond donors (Lipinski definition) is 1. The Bertz CT molecular complexity index is 355. The molecule has 1 rings (SSSR count). The van der Waals surface area contributed by atoms with Gasteiger partial charge in [-0.2, -0.15) is 0 Å². The Kier molecular flexibility index (Phi) is 7.00. The van der Waals surface area contributed by atoms with E-state index in [2.05, 4.69) is 27.9 Å². The molecule has 0 spiro atoms. The Hall–Kier alpha value is -0.780. The number of benzene rings is 1. The molecule has 1 N–H and O–H groups in total. The molecule has 0 aliphatic rings. The third-order valence-corrected chi connectivity index (χ3v) is 3.19. The van der Waals surface area contributed by atoms with Crippen molar-refractivity contribution in [3.8, 4) is 5.75 Å². The van der Waals surface area contributed by atoms with Gasteiger partial charge in [-0.15, -0.1) is 0 Å². The van der Waals surface area contributed by atoms with Crippen LogP contribution in [0.4, 0.5) is 0 Å². The normalized spacial score (nSPS) is 10.0. The minimum Gasteiger partial charge on any atom is -0.496 e. The van der Waals surface area contributed by atoms with Gasteiger partial charge in [-0.05, 0) is 23.3 Å². The predicted molar refractivity (Wildman–Crippen MR) is 77.8 cm³/mol. The summed E-state index contributed by atoms with van der Waals surface area (Å²) >= 11 is 2.34. The summed E-state index contributed by atoms with van der Waals surface area (Å²) in [6.07, 6.45) is 2.57. The highest BCUT2D eigenvalue weighted by Crippen LogP contribution is 2.17. The van der Waals surface area contributed by atoms with Crippen LogP contribution in [-0.2, 0) is 11.2 Å². The number of carbonyl (C=O) groups excluding carboxylic acids is 1. The van der Waals surface area contributed by atoms with E-state index >= 15 is 0 Å². The molecule has 0 radical (unpaired) electrons. The van der Waals surface area contributed by atoms with Gasteiger partial charge in [0.1, 0.15) is 5.75 Å². The van der Waals surface area contributed by atoms with E-state index in [1.54, 1.807) is 7.11 Å². The number of carbonyl (C=O) groups is 1. The van der Waals surface area contributed by atoms with E-state index in [4.69, 9.17) is 4.74 Å². The molecule has 94 valence electrons. The zero-order valence-corrected chi connectivity index (χ0v) is 12.2. The molecule has 0 saturated carbocycles. The van der Waals surface area contributed by atoms with E-state index < -0.39 is 0 Å². The van der Waals surface area contributed by atoms with Crippen molar-refractivity contribution < 1.29 is 9.53 Å². The molecule has 17 heavy (non-hydrogen) atoms. The number of unbranched alkanes of at least 4 members (excludes halogenated alkanes) is 1. The van der Waals surface area contributed by atoms with Gasteiger partial charge in [-0.25, -0.2) is 0 Å². The fourth-order valence-corrected chi connectivity index (χ4v) is 2.07. The van der Waals surface area contributed by atoms with E-state index in [-0.39, 0.29) is 5.91 Å². The van der Waals surface area contributed by atoms with Crippen LogP contribution in [0.15, 0.2) is 24.3 Å². The van der Waals surface area contributed by atoms with Crippen LogP contribution in [0.5, 0.6) is 5.75 Å². The smallest absolute Gasteiger partial charge is 0.224 e. The second-order valence-electron chi connectivity index (χ2n) is 3.73. The van der Waals surface area contributed by atoms with Crippen molar-refractivity contribution >= 4 is 28.5 Å². The topological polar surface area (TPSA) is 38.3 Å². The molecule has 4 heteroatoms. The van der Waals surface area contributed by atoms with E-state index in [1.165, 1.54) is 0 Å². The molecule has 0 aliphatic carbocycles. The lowest BCUT2D eigenvalue weighted by atomic mass is 10.1. The lowest BCUT2D eigenvalue weighted by Crippen LogP contribution is -2.26. The molecule has 1 aromatic carbocycles. The number of ether oxygens (including phenoxy) is 1. The monoisotopic (exact) mass is 347 g/mol. The quantitative estimate of drug-likeness (QED) is 0.468. The Morgan fingerprint density at radius 1 is 1.35 bits per heavy atom. The van der Waals surface area contributed by atoms with Gasteiger partial charge in [0.2, 0.25) is 5.91 Å². The number of rotatable bonds is 7. The van der Waals surface area contributed by atoms with Gasteiger partial charge >= 0.3 is 0 Å². The SMILES string of the molecule is COc1ccccc1CC(=O)NCCCCI. The van der Waals surface area contributed by atoms with Crippen molar-refractivity contribution in [2.24, 2.45) is 0 Å². The van der Waals surface area contributed by atoms with Gasteiger partial charge in [-0.3, -0.25) is 4.79 Å². The second kappa shape index (κ2) is 8.33. The molecule has 3 nitrogen and oxygen atoms in total. The van der Waals surface area contributed by atoms with E-state index in [0.717, 1.165) is 35.1 Å². The van der Waals surface area contributed by atoms with E-state index in [1.807, 2.05) is 24.3 Å². The number of nitrogens with one attached hydrogen (secondary N) is 1. The Labute approximate surface area is 116 Å². The van der Waals surface area contributed by atoms with Gasteiger partial charge in [-0.1, -0.05) is 40.8 Å². The first-order chi connectivity index (χ1) is 8.27. The van der Waals surface area contributed by atoms with Crippen molar-refractivity contribution in [3.63, 3.8) is 0 Å². The van der Waals surface area contributed by atoms with Crippen LogP contribution in [0.3, 0.4) is 0 Å². The number of methoxy groups -OCH3 is 1. The van der Waals surface area contributed by atoms with Crippen LogP contribution in [0.2, 0.25) is 0 Å². The second-order valence-corrected chi connectivity index (χ2v) is 4.81. The Morgan fingerprint density at radius 3 is 2.82 bits per heavy atom. The Morgan fingerprint density at radius 2 is 2.12 bits per heavy atom. The third kappa shape index (κ3) is 5.39. The van der Waals surface area contributed by atoms with Crippen LogP contribution >= 0.6 is 22.6 Å². The summed E-state index contributed by atoms with van der Waals surface area (Å²) < 4.78 is 6.35. The maximum Gasteiger partial charge on any atom is 0.224 e. The zero-order chi connectivity index (χ0) is 12.5. The van der Waals surface area contributed by atoms with Gasteiger partial charge in [0, 0.05) is 12.1 Å². The fourth-order valence-electron chi connectivity index (χ4n) is 1.53. The highest BCUT2D eigenvalue weighted by Gasteiger charge is 2.07. The predicted octanol–water partition coefficient (Wildman–Crippen LogP) is 2.57. The summed E-state index contributed by atoms with van der Waals surface area (Å²) in [5, 5.41) is 2.92. The summed E-state index contributed by atoms with van der Waals surface area (Å²) in [6, 6.07) is 7.61. The molecular weight excluding hydrogens is 329 g/mol. The maximum absolute atomic E-state index is 11.7. The molecule has 0 saturated heterocycles. The highest BCUT2D eigenvalue weighted by molar-refractivity contribution is 14.1. The van der Waals surface area contributed by atoms with Crippen molar-refractivity contribution in [2.75, 3.05) is 18.1 Å². The molecule has 0 atom stereocenters. The van der Waals surface area contributed by atoms with Crippen LogP contribution in [0, 0.1) is 0 Å². The maximum atomic E-state index is 11.7. The minimum atomic E-state index is 0.0583. The minimum absolute atomic E-state index is 0.0583.